The van der Waals surface area contributed by atoms with E-state index in [1.165, 1.54) is 32.6 Å². The second-order valence-electron chi connectivity index (χ2n) is 7.01. The lowest BCUT2D eigenvalue weighted by atomic mass is 10.2. The molecule has 0 unspecified atom stereocenters. The molecule has 9 nitrogen and oxygen atoms in total. The van der Waals surface area contributed by atoms with Gasteiger partial charge in [-0.3, -0.25) is 9.59 Å². The Balaban J connectivity index is 1.48. The van der Waals surface area contributed by atoms with E-state index in [0.717, 1.165) is 0 Å². The van der Waals surface area contributed by atoms with E-state index >= 15 is 0 Å². The number of rotatable bonds is 9. The molecule has 180 valence electrons. The van der Waals surface area contributed by atoms with E-state index < -0.39 is 17.8 Å². The highest BCUT2D eigenvalue weighted by molar-refractivity contribution is 6.31. The van der Waals surface area contributed by atoms with E-state index in [9.17, 15) is 14.4 Å². The molecular weight excluding hydrogens is 474 g/mol. The first-order valence-corrected chi connectivity index (χ1v) is 10.7. The second kappa shape index (κ2) is 12.2. The molecule has 2 N–H and O–H groups in total. The summed E-state index contributed by atoms with van der Waals surface area (Å²) in [7, 11) is 2.99. The van der Waals surface area contributed by atoms with Crippen LogP contribution in [0.4, 0.5) is 0 Å². The van der Waals surface area contributed by atoms with Crippen LogP contribution in [0.15, 0.2) is 71.8 Å². The highest BCUT2D eigenvalue weighted by Crippen LogP contribution is 2.28. The van der Waals surface area contributed by atoms with Gasteiger partial charge < -0.3 is 19.5 Å². The summed E-state index contributed by atoms with van der Waals surface area (Å²) in [6.45, 7) is -0.256. The van der Waals surface area contributed by atoms with Gasteiger partial charge in [0.15, 0.2) is 11.5 Å². The zero-order valence-corrected chi connectivity index (χ0v) is 19.7. The number of carbonyl (C=O) groups excluding carboxylic acids is 3. The number of hydrazone groups is 1. The number of hydrogen-bond donors (Lipinski definition) is 2. The average molecular weight is 496 g/mol. The summed E-state index contributed by atoms with van der Waals surface area (Å²) in [4.78, 5) is 36.3. The molecule has 0 fully saturated rings. The molecule has 0 aliphatic carbocycles. The first-order chi connectivity index (χ1) is 16.9. The Hall–Kier alpha value is -4.37. The van der Waals surface area contributed by atoms with Gasteiger partial charge in [-0.2, -0.15) is 5.10 Å². The molecule has 0 heterocycles. The summed E-state index contributed by atoms with van der Waals surface area (Å²) in [5.41, 5.74) is 3.62. The van der Waals surface area contributed by atoms with Crippen molar-refractivity contribution in [2.24, 2.45) is 5.10 Å². The van der Waals surface area contributed by atoms with Crippen molar-refractivity contribution in [2.45, 2.75) is 0 Å². The van der Waals surface area contributed by atoms with E-state index in [-0.39, 0.29) is 6.54 Å². The van der Waals surface area contributed by atoms with E-state index in [1.54, 1.807) is 54.6 Å². The highest BCUT2D eigenvalue weighted by atomic mass is 35.5. The molecule has 3 aromatic carbocycles. The lowest BCUT2D eigenvalue weighted by Gasteiger charge is -2.09. The number of benzene rings is 3. The van der Waals surface area contributed by atoms with Gasteiger partial charge in [-0.25, -0.2) is 10.2 Å². The molecule has 0 aliphatic heterocycles. The van der Waals surface area contributed by atoms with Crippen LogP contribution < -0.4 is 25.0 Å². The molecule has 35 heavy (non-hydrogen) atoms. The minimum absolute atomic E-state index is 0.256. The zero-order valence-electron chi connectivity index (χ0n) is 18.9. The van der Waals surface area contributed by atoms with E-state index in [1.807, 2.05) is 0 Å². The maximum Gasteiger partial charge on any atom is 0.343 e. The second-order valence-corrected chi connectivity index (χ2v) is 7.45. The molecule has 0 radical (unpaired) electrons. The van der Waals surface area contributed by atoms with Crippen LogP contribution in [0, 0.1) is 0 Å². The summed E-state index contributed by atoms with van der Waals surface area (Å²) in [5.74, 6) is -0.237. The fourth-order valence-corrected chi connectivity index (χ4v) is 3.05. The smallest absolute Gasteiger partial charge is 0.343 e. The Bertz CT molecular complexity index is 1240. The zero-order chi connectivity index (χ0) is 25.2. The monoisotopic (exact) mass is 495 g/mol. The van der Waals surface area contributed by atoms with Gasteiger partial charge in [-0.15, -0.1) is 0 Å². The van der Waals surface area contributed by atoms with Crippen molar-refractivity contribution < 1.29 is 28.6 Å². The van der Waals surface area contributed by atoms with Gasteiger partial charge in [0.1, 0.15) is 5.75 Å². The maximum absolute atomic E-state index is 12.4. The van der Waals surface area contributed by atoms with E-state index in [2.05, 4.69) is 15.8 Å². The molecule has 2 amide bonds. The Kier molecular flexibility index (Phi) is 8.80. The summed E-state index contributed by atoms with van der Waals surface area (Å²) < 4.78 is 15.7. The summed E-state index contributed by atoms with van der Waals surface area (Å²) in [6, 6.07) is 17.6. The largest absolute Gasteiger partial charge is 0.493 e. The molecule has 0 aliphatic rings. The SMILES string of the molecule is COc1ccc(C(=O)Oc2ccc(/C=N/NC(=O)CNC(=O)c3cccc(Cl)c3)cc2)cc1OC. The van der Waals surface area contributed by atoms with Crippen molar-refractivity contribution in [3.05, 3.63) is 88.4 Å². The van der Waals surface area contributed by atoms with Crippen LogP contribution in [0.1, 0.15) is 26.3 Å². The minimum atomic E-state index is -0.556. The van der Waals surface area contributed by atoms with Crippen LogP contribution >= 0.6 is 11.6 Å². The molecule has 0 bridgehead atoms. The quantitative estimate of drug-likeness (QED) is 0.203. The molecule has 3 rings (SSSR count). The average Bonchev–Trinajstić information content (AvgIpc) is 2.87. The number of halogens is 1. The van der Waals surface area contributed by atoms with Crippen LogP contribution in [-0.2, 0) is 4.79 Å². The number of nitrogens with zero attached hydrogens (tertiary/aromatic N) is 1. The van der Waals surface area contributed by atoms with Crippen molar-refractivity contribution in [3.63, 3.8) is 0 Å². The number of hydrogen-bond acceptors (Lipinski definition) is 7. The Morgan fingerprint density at radius 1 is 0.914 bits per heavy atom. The van der Waals surface area contributed by atoms with Crippen LogP contribution in [0.3, 0.4) is 0 Å². The Morgan fingerprint density at radius 2 is 1.66 bits per heavy atom. The summed E-state index contributed by atoms with van der Waals surface area (Å²) in [5, 5.41) is 6.75. The molecule has 10 heteroatoms. The van der Waals surface area contributed by atoms with Crippen molar-refractivity contribution in [2.75, 3.05) is 20.8 Å². The van der Waals surface area contributed by atoms with Gasteiger partial charge in [-0.05, 0) is 66.2 Å². The van der Waals surface area contributed by atoms with Crippen molar-refractivity contribution in [1.29, 1.82) is 0 Å². The number of amides is 2. The van der Waals surface area contributed by atoms with Crippen molar-refractivity contribution >= 4 is 35.6 Å². The van der Waals surface area contributed by atoms with Gasteiger partial charge >= 0.3 is 5.97 Å². The van der Waals surface area contributed by atoms with Crippen LogP contribution in [0.25, 0.3) is 0 Å². The van der Waals surface area contributed by atoms with E-state index in [4.69, 9.17) is 25.8 Å². The predicted molar refractivity (Wildman–Crippen MR) is 130 cm³/mol. The number of methoxy groups -OCH3 is 2. The Morgan fingerprint density at radius 3 is 2.34 bits per heavy atom. The fraction of sp³-hybridized carbons (Fsp3) is 0.120. The summed E-state index contributed by atoms with van der Waals surface area (Å²) in [6.07, 6.45) is 1.41. The van der Waals surface area contributed by atoms with Crippen LogP contribution in [0.5, 0.6) is 17.2 Å². The third-order valence-electron chi connectivity index (χ3n) is 4.61. The molecule has 0 aromatic heterocycles. The van der Waals surface area contributed by atoms with Gasteiger partial charge in [0.25, 0.3) is 11.8 Å². The predicted octanol–water partition coefficient (Wildman–Crippen LogP) is 3.46. The topological polar surface area (TPSA) is 115 Å². The summed E-state index contributed by atoms with van der Waals surface area (Å²) >= 11 is 5.85. The van der Waals surface area contributed by atoms with Crippen molar-refractivity contribution in [3.8, 4) is 17.2 Å². The molecule has 0 spiro atoms. The number of ether oxygens (including phenoxy) is 3. The molecule has 0 saturated carbocycles. The molecule has 3 aromatic rings. The lowest BCUT2D eigenvalue weighted by molar-refractivity contribution is -0.120. The third kappa shape index (κ3) is 7.31. The minimum Gasteiger partial charge on any atom is -0.493 e. The standard InChI is InChI=1S/C25H22ClN3O6/c1-33-21-11-8-18(13-22(21)34-2)25(32)35-20-9-6-16(7-10-20)14-28-29-23(30)15-27-24(31)17-4-3-5-19(26)12-17/h3-14H,15H2,1-2H3,(H,27,31)(H,29,30)/b28-14+. The third-order valence-corrected chi connectivity index (χ3v) is 4.84. The molecule has 0 atom stereocenters. The number of carbonyl (C=O) groups is 3. The highest BCUT2D eigenvalue weighted by Gasteiger charge is 2.13. The normalized spacial score (nSPS) is 10.5. The van der Waals surface area contributed by atoms with Crippen LogP contribution in [0.2, 0.25) is 5.02 Å². The van der Waals surface area contributed by atoms with Gasteiger partial charge in [0.05, 0.1) is 32.5 Å². The Labute approximate surface area is 206 Å². The van der Waals surface area contributed by atoms with E-state index in [0.29, 0.717) is 39.0 Å². The first-order valence-electron chi connectivity index (χ1n) is 10.3. The van der Waals surface area contributed by atoms with Crippen LogP contribution in [-0.4, -0.2) is 44.8 Å². The van der Waals surface area contributed by atoms with Crippen molar-refractivity contribution in [1.82, 2.24) is 10.7 Å². The van der Waals surface area contributed by atoms with Gasteiger partial charge in [0.2, 0.25) is 0 Å². The fourth-order valence-electron chi connectivity index (χ4n) is 2.86. The number of nitrogens with one attached hydrogen (secondary N) is 2. The first kappa shape index (κ1) is 25.3. The number of esters is 1. The molecule has 0 saturated heterocycles. The van der Waals surface area contributed by atoms with Gasteiger partial charge in [-0.1, -0.05) is 17.7 Å². The molecular formula is C25H22ClN3O6. The maximum atomic E-state index is 12.4. The van der Waals surface area contributed by atoms with Gasteiger partial charge in [0, 0.05) is 10.6 Å². The lowest BCUT2D eigenvalue weighted by Crippen LogP contribution is -2.34.